The largest absolute Gasteiger partial charge is 0.511 e. The van der Waals surface area contributed by atoms with Gasteiger partial charge in [-0.15, -0.1) is 4.40 Å². The molecule has 1 amide bonds. The van der Waals surface area contributed by atoms with E-state index in [0.29, 0.717) is 5.56 Å². The minimum absolute atomic E-state index is 0.0452. The van der Waals surface area contributed by atoms with Crippen molar-refractivity contribution in [2.24, 2.45) is 22.2 Å². The van der Waals surface area contributed by atoms with Crippen LogP contribution in [0.4, 0.5) is 15.8 Å². The summed E-state index contributed by atoms with van der Waals surface area (Å²) in [5, 5.41) is 14.5. The van der Waals surface area contributed by atoms with Crippen LogP contribution in [0.25, 0.3) is 0 Å². The maximum Gasteiger partial charge on any atom is 0.286 e. The van der Waals surface area contributed by atoms with E-state index in [4.69, 9.17) is 0 Å². The maximum atomic E-state index is 14.1. The van der Waals surface area contributed by atoms with Crippen LogP contribution in [0.5, 0.6) is 0 Å². The molecule has 10 nitrogen and oxygen atoms in total. The maximum absolute atomic E-state index is 14.1. The lowest BCUT2D eigenvalue weighted by molar-refractivity contribution is -0.134. The van der Waals surface area contributed by atoms with Gasteiger partial charge in [-0.25, -0.2) is 12.8 Å². The number of sulfonamides is 2. The SMILES string of the molecule is CN(c1ccc2c(c1)S(=O)(=O)N=C(C1=C(O)C3C([C@@H]4CC[C@H]3C4)N(Cc3ccc(F)cc3)C1=O)N2)S(=O)(=O)c1ccccc1. The standard InChI is InChI=1S/C31H29FN4O6S2/c1-35(44(41,42)23-5-3-2-4-6-23)22-13-14-24-25(16-22)43(39,40)34-30(33-24)27-29(37)26-19-9-10-20(15-19)28(26)36(31(27)38)17-18-7-11-21(32)12-8-18/h2-8,11-14,16,19-20,26,28,37H,9-10,15,17H2,1H3,(H,33,34)/t19-,20+,26?,28?/m0/s1. The van der Waals surface area contributed by atoms with Gasteiger partial charge >= 0.3 is 0 Å². The van der Waals surface area contributed by atoms with Crippen molar-refractivity contribution in [3.8, 4) is 0 Å². The van der Waals surface area contributed by atoms with E-state index in [1.165, 1.54) is 49.5 Å². The fourth-order valence-electron chi connectivity index (χ4n) is 7.18. The zero-order valence-corrected chi connectivity index (χ0v) is 25.2. The second-order valence-corrected chi connectivity index (χ2v) is 15.2. The van der Waals surface area contributed by atoms with E-state index >= 15 is 0 Å². The molecule has 13 heteroatoms. The number of fused-ring (bicyclic) bond motifs is 6. The molecule has 2 aliphatic heterocycles. The first-order valence-electron chi connectivity index (χ1n) is 14.2. The Kier molecular flexibility index (Phi) is 6.59. The second-order valence-electron chi connectivity index (χ2n) is 11.7. The lowest BCUT2D eigenvalue weighted by Gasteiger charge is -2.44. The first-order chi connectivity index (χ1) is 21.0. The Balaban J connectivity index is 1.25. The Bertz CT molecular complexity index is 1960. The number of hydrogen-bond donors (Lipinski definition) is 2. The Morgan fingerprint density at radius 3 is 2.48 bits per heavy atom. The molecule has 4 aliphatic rings. The molecule has 44 heavy (non-hydrogen) atoms. The Hall–Kier alpha value is -4.23. The molecular formula is C31H29FN4O6S2. The van der Waals surface area contributed by atoms with Gasteiger partial charge in [0, 0.05) is 25.6 Å². The third-order valence-electron chi connectivity index (χ3n) is 9.25. The van der Waals surface area contributed by atoms with Crippen LogP contribution in [0.15, 0.2) is 98.3 Å². The number of carbonyl (C=O) groups is 1. The first kappa shape index (κ1) is 28.5. The topological polar surface area (TPSA) is 136 Å². The molecule has 0 spiro atoms. The van der Waals surface area contributed by atoms with Crippen LogP contribution in [0.1, 0.15) is 24.8 Å². The predicted octanol–water partition coefficient (Wildman–Crippen LogP) is 4.43. The minimum Gasteiger partial charge on any atom is -0.511 e. The van der Waals surface area contributed by atoms with Crippen molar-refractivity contribution in [3.63, 3.8) is 0 Å². The number of amidine groups is 1. The molecule has 2 N–H and O–H groups in total. The summed E-state index contributed by atoms with van der Waals surface area (Å²) in [6, 6.07) is 17.4. The summed E-state index contributed by atoms with van der Waals surface area (Å²) in [6.07, 6.45) is 2.67. The van der Waals surface area contributed by atoms with Gasteiger partial charge in [-0.3, -0.25) is 9.10 Å². The van der Waals surface area contributed by atoms with Gasteiger partial charge in [0.15, 0.2) is 5.84 Å². The third-order valence-corrected chi connectivity index (χ3v) is 12.4. The van der Waals surface area contributed by atoms with Crippen LogP contribution < -0.4 is 9.62 Å². The van der Waals surface area contributed by atoms with Gasteiger partial charge in [-0.05, 0) is 79.1 Å². The first-order valence-corrected chi connectivity index (χ1v) is 17.1. The molecule has 3 aromatic carbocycles. The van der Waals surface area contributed by atoms with Crippen LogP contribution in [0.2, 0.25) is 0 Å². The average Bonchev–Trinajstić information content (AvgIpc) is 3.63. The second kappa shape index (κ2) is 10.2. The summed E-state index contributed by atoms with van der Waals surface area (Å²) in [7, 11) is -7.07. The van der Waals surface area contributed by atoms with Crippen molar-refractivity contribution in [2.45, 2.75) is 41.6 Å². The minimum atomic E-state index is -4.42. The highest BCUT2D eigenvalue weighted by atomic mass is 32.2. The van der Waals surface area contributed by atoms with Gasteiger partial charge in [-0.2, -0.15) is 8.42 Å². The van der Waals surface area contributed by atoms with Crippen LogP contribution in [-0.4, -0.2) is 51.7 Å². The quantitative estimate of drug-likeness (QED) is 0.409. The number of carbonyl (C=O) groups excluding carboxylic acids is 1. The Morgan fingerprint density at radius 2 is 1.75 bits per heavy atom. The summed E-state index contributed by atoms with van der Waals surface area (Å²) < 4.78 is 71.9. The highest BCUT2D eigenvalue weighted by Crippen LogP contribution is 2.55. The molecule has 0 saturated heterocycles. The number of amides is 1. The summed E-state index contributed by atoms with van der Waals surface area (Å²) in [4.78, 5) is 15.5. The lowest BCUT2D eigenvalue weighted by Crippen LogP contribution is -2.53. The van der Waals surface area contributed by atoms with Gasteiger partial charge in [-0.1, -0.05) is 30.3 Å². The lowest BCUT2D eigenvalue weighted by atomic mass is 9.77. The van der Waals surface area contributed by atoms with Crippen molar-refractivity contribution in [3.05, 3.63) is 95.5 Å². The molecule has 2 fully saturated rings. The number of anilines is 2. The molecule has 4 atom stereocenters. The van der Waals surface area contributed by atoms with E-state index < -0.39 is 31.8 Å². The highest BCUT2D eigenvalue weighted by molar-refractivity contribution is 7.92. The number of aliphatic hydroxyl groups is 1. The molecule has 228 valence electrons. The van der Waals surface area contributed by atoms with Crippen molar-refractivity contribution in [1.82, 2.24) is 4.90 Å². The Morgan fingerprint density at radius 1 is 1.05 bits per heavy atom. The molecule has 2 saturated carbocycles. The fraction of sp³-hybridized carbons (Fsp3) is 0.290. The smallest absolute Gasteiger partial charge is 0.286 e. The van der Waals surface area contributed by atoms with Crippen molar-refractivity contribution >= 4 is 43.2 Å². The van der Waals surface area contributed by atoms with Gasteiger partial charge in [0.25, 0.3) is 26.0 Å². The summed E-state index contributed by atoms with van der Waals surface area (Å²) >= 11 is 0. The molecule has 2 bridgehead atoms. The number of hydrogen-bond acceptors (Lipinski definition) is 7. The van der Waals surface area contributed by atoms with E-state index in [1.807, 2.05) is 0 Å². The zero-order chi connectivity index (χ0) is 31.0. The third kappa shape index (κ3) is 4.48. The van der Waals surface area contributed by atoms with Crippen molar-refractivity contribution in [2.75, 3.05) is 16.7 Å². The van der Waals surface area contributed by atoms with Gasteiger partial charge in [0.2, 0.25) is 0 Å². The molecule has 7 rings (SSSR count). The number of nitrogens with zero attached hydrogens (tertiary/aromatic N) is 3. The molecule has 2 unspecified atom stereocenters. The van der Waals surface area contributed by atoms with E-state index in [-0.39, 0.29) is 68.7 Å². The predicted molar refractivity (Wildman–Crippen MR) is 161 cm³/mol. The number of benzene rings is 3. The van der Waals surface area contributed by atoms with E-state index in [2.05, 4.69) is 9.71 Å². The number of nitrogens with one attached hydrogen (secondary N) is 1. The average molecular weight is 637 g/mol. The van der Waals surface area contributed by atoms with E-state index in [0.717, 1.165) is 23.6 Å². The monoisotopic (exact) mass is 636 g/mol. The molecule has 2 aliphatic carbocycles. The van der Waals surface area contributed by atoms with Crippen molar-refractivity contribution in [1.29, 1.82) is 0 Å². The summed E-state index contributed by atoms with van der Waals surface area (Å²) in [6.45, 7) is 0.169. The van der Waals surface area contributed by atoms with Gasteiger partial charge < -0.3 is 15.3 Å². The summed E-state index contributed by atoms with van der Waals surface area (Å²) in [5.41, 5.74) is 0.698. The van der Waals surface area contributed by atoms with E-state index in [1.54, 1.807) is 35.2 Å². The molecule has 2 heterocycles. The van der Waals surface area contributed by atoms with Crippen LogP contribution in [0.3, 0.4) is 0 Å². The van der Waals surface area contributed by atoms with Crippen LogP contribution in [-0.2, 0) is 31.4 Å². The van der Waals surface area contributed by atoms with Crippen LogP contribution >= 0.6 is 0 Å². The van der Waals surface area contributed by atoms with Gasteiger partial charge in [0.05, 0.1) is 16.3 Å². The summed E-state index contributed by atoms with van der Waals surface area (Å²) in [5.74, 6) is -1.44. The molecular weight excluding hydrogens is 607 g/mol. The van der Waals surface area contributed by atoms with Gasteiger partial charge in [0.1, 0.15) is 22.0 Å². The number of aliphatic hydroxyl groups excluding tert-OH is 1. The zero-order valence-electron chi connectivity index (χ0n) is 23.6. The molecule has 0 radical (unpaired) electrons. The molecule has 0 aromatic heterocycles. The van der Waals surface area contributed by atoms with Crippen molar-refractivity contribution < 1.29 is 31.1 Å². The fourth-order valence-corrected chi connectivity index (χ4v) is 9.53. The molecule has 3 aromatic rings. The van der Waals surface area contributed by atoms with Crippen LogP contribution in [0, 0.1) is 23.6 Å². The van der Waals surface area contributed by atoms with E-state index in [9.17, 15) is 31.1 Å². The normalized spacial score (nSPS) is 25.3. The Labute approximate surface area is 254 Å². The highest BCUT2D eigenvalue weighted by Gasteiger charge is 2.57. The number of rotatable bonds is 6. The number of halogens is 1.